The number of benzene rings is 1. The Morgan fingerprint density at radius 1 is 1.04 bits per heavy atom. The smallest absolute Gasteiger partial charge is 0.232 e. The first kappa shape index (κ1) is 16.4. The zero-order valence-corrected chi connectivity index (χ0v) is 14.6. The van der Waals surface area contributed by atoms with Crippen LogP contribution in [0.5, 0.6) is 0 Å². The third-order valence-corrected chi connectivity index (χ3v) is 4.30. The van der Waals surface area contributed by atoms with Gasteiger partial charge in [0.15, 0.2) is 5.82 Å². The fourth-order valence-electron chi connectivity index (χ4n) is 3.08. The summed E-state index contributed by atoms with van der Waals surface area (Å²) >= 11 is 0. The summed E-state index contributed by atoms with van der Waals surface area (Å²) in [4.78, 5) is 27.5. The van der Waals surface area contributed by atoms with E-state index in [1.807, 2.05) is 42.5 Å². The Hall–Kier alpha value is -3.06. The monoisotopic (exact) mass is 348 g/mol. The first-order valence-corrected chi connectivity index (χ1v) is 8.68. The van der Waals surface area contributed by atoms with Crippen LogP contribution in [0, 0.1) is 0 Å². The quantitative estimate of drug-likeness (QED) is 0.754. The van der Waals surface area contributed by atoms with E-state index in [0.29, 0.717) is 5.95 Å². The highest BCUT2D eigenvalue weighted by molar-refractivity contribution is 5.92. The molecule has 0 radical (unpaired) electrons. The number of carbonyl (C=O) groups excluding carboxylic acids is 1. The molecule has 1 amide bonds. The average Bonchev–Trinajstić information content (AvgIpc) is 2.68. The fourth-order valence-corrected chi connectivity index (χ4v) is 3.08. The van der Waals surface area contributed by atoms with Crippen LogP contribution in [0.2, 0.25) is 0 Å². The van der Waals surface area contributed by atoms with Crippen molar-refractivity contribution in [1.82, 2.24) is 20.3 Å². The topological polar surface area (TPSA) is 83.0 Å². The second-order valence-corrected chi connectivity index (χ2v) is 6.22. The van der Waals surface area contributed by atoms with Gasteiger partial charge in [0.05, 0.1) is 11.2 Å². The van der Waals surface area contributed by atoms with E-state index in [2.05, 4.69) is 25.5 Å². The lowest BCUT2D eigenvalue weighted by molar-refractivity contribution is -0.114. The molecule has 1 aliphatic rings. The molecule has 0 unspecified atom stereocenters. The van der Waals surface area contributed by atoms with E-state index in [-0.39, 0.29) is 5.91 Å². The van der Waals surface area contributed by atoms with E-state index in [0.717, 1.165) is 54.3 Å². The van der Waals surface area contributed by atoms with Gasteiger partial charge in [-0.05, 0) is 12.1 Å². The third kappa shape index (κ3) is 3.34. The SMILES string of the molecule is CC(=O)Nc1nc(N2CCNCC2)c2nc(-c3ccccc3)ccc2n1. The number of piperazine rings is 1. The zero-order valence-electron chi connectivity index (χ0n) is 14.6. The highest BCUT2D eigenvalue weighted by Crippen LogP contribution is 2.27. The van der Waals surface area contributed by atoms with E-state index in [1.165, 1.54) is 6.92 Å². The summed E-state index contributed by atoms with van der Waals surface area (Å²) in [7, 11) is 0. The molecule has 26 heavy (non-hydrogen) atoms. The van der Waals surface area contributed by atoms with Crippen molar-refractivity contribution in [2.24, 2.45) is 0 Å². The summed E-state index contributed by atoms with van der Waals surface area (Å²) in [5.74, 6) is 0.885. The molecule has 0 atom stereocenters. The van der Waals surface area contributed by atoms with Gasteiger partial charge >= 0.3 is 0 Å². The molecule has 2 aromatic heterocycles. The molecule has 3 heterocycles. The number of amides is 1. The first-order valence-electron chi connectivity index (χ1n) is 8.68. The Bertz CT molecular complexity index is 937. The molecule has 0 aliphatic carbocycles. The van der Waals surface area contributed by atoms with E-state index < -0.39 is 0 Å². The largest absolute Gasteiger partial charge is 0.352 e. The van der Waals surface area contributed by atoms with Crippen molar-refractivity contribution in [1.29, 1.82) is 0 Å². The highest BCUT2D eigenvalue weighted by Gasteiger charge is 2.19. The van der Waals surface area contributed by atoms with Crippen LogP contribution in [0.4, 0.5) is 11.8 Å². The lowest BCUT2D eigenvalue weighted by atomic mass is 10.1. The first-order chi connectivity index (χ1) is 12.7. The van der Waals surface area contributed by atoms with Gasteiger partial charge in [0.1, 0.15) is 5.52 Å². The second-order valence-electron chi connectivity index (χ2n) is 6.22. The molecule has 0 bridgehead atoms. The number of rotatable bonds is 3. The maximum atomic E-state index is 11.4. The molecule has 1 fully saturated rings. The molecular weight excluding hydrogens is 328 g/mol. The molecule has 2 N–H and O–H groups in total. The van der Waals surface area contributed by atoms with E-state index in [9.17, 15) is 4.79 Å². The standard InChI is InChI=1S/C19H20N6O/c1-13(26)21-19-23-16-8-7-15(14-5-3-2-4-6-14)22-17(16)18(24-19)25-11-9-20-10-12-25/h2-8,20H,9-12H2,1H3,(H,21,23,24,26). The highest BCUT2D eigenvalue weighted by atomic mass is 16.1. The number of fused-ring (bicyclic) bond motifs is 1. The number of anilines is 2. The Morgan fingerprint density at radius 2 is 1.81 bits per heavy atom. The Kier molecular flexibility index (Phi) is 4.45. The van der Waals surface area contributed by atoms with Crippen molar-refractivity contribution in [3.63, 3.8) is 0 Å². The fraction of sp³-hybridized carbons (Fsp3) is 0.263. The van der Waals surface area contributed by atoms with Crippen LogP contribution >= 0.6 is 0 Å². The minimum absolute atomic E-state index is 0.190. The molecule has 132 valence electrons. The van der Waals surface area contributed by atoms with Crippen LogP contribution in [-0.4, -0.2) is 47.0 Å². The normalized spacial score (nSPS) is 14.4. The lowest BCUT2D eigenvalue weighted by Gasteiger charge is -2.29. The molecule has 4 rings (SSSR count). The summed E-state index contributed by atoms with van der Waals surface area (Å²) in [6.45, 7) is 4.90. The van der Waals surface area contributed by atoms with Gasteiger partial charge in [0.2, 0.25) is 11.9 Å². The van der Waals surface area contributed by atoms with Gasteiger partial charge in [0.25, 0.3) is 0 Å². The van der Waals surface area contributed by atoms with Crippen molar-refractivity contribution in [3.05, 3.63) is 42.5 Å². The van der Waals surface area contributed by atoms with Crippen molar-refractivity contribution in [3.8, 4) is 11.3 Å². The number of nitrogens with one attached hydrogen (secondary N) is 2. The number of pyridine rings is 1. The minimum atomic E-state index is -0.190. The van der Waals surface area contributed by atoms with Crippen molar-refractivity contribution in [2.75, 3.05) is 36.4 Å². The maximum absolute atomic E-state index is 11.4. The van der Waals surface area contributed by atoms with Gasteiger partial charge in [-0.25, -0.2) is 9.97 Å². The van der Waals surface area contributed by atoms with Crippen LogP contribution in [0.15, 0.2) is 42.5 Å². The molecule has 7 heteroatoms. The molecule has 3 aromatic rings. The molecule has 7 nitrogen and oxygen atoms in total. The van der Waals surface area contributed by atoms with Gasteiger partial charge in [-0.15, -0.1) is 0 Å². The second kappa shape index (κ2) is 7.05. The van der Waals surface area contributed by atoms with Crippen LogP contribution in [-0.2, 0) is 4.79 Å². The molecular formula is C19H20N6O. The number of hydrogen-bond donors (Lipinski definition) is 2. The molecule has 1 aliphatic heterocycles. The Morgan fingerprint density at radius 3 is 2.54 bits per heavy atom. The molecule has 0 saturated carbocycles. The van der Waals surface area contributed by atoms with Crippen LogP contribution in [0.25, 0.3) is 22.3 Å². The molecule has 1 aromatic carbocycles. The van der Waals surface area contributed by atoms with Gasteiger partial charge in [-0.3, -0.25) is 10.1 Å². The summed E-state index contributed by atoms with van der Waals surface area (Å²) in [6.07, 6.45) is 0. The average molecular weight is 348 g/mol. The predicted octanol–water partition coefficient (Wildman–Crippen LogP) is 2.06. The third-order valence-electron chi connectivity index (χ3n) is 4.30. The van der Waals surface area contributed by atoms with Crippen LogP contribution < -0.4 is 15.5 Å². The van der Waals surface area contributed by atoms with Gasteiger partial charge in [-0.1, -0.05) is 30.3 Å². The van der Waals surface area contributed by atoms with Gasteiger partial charge < -0.3 is 10.2 Å². The summed E-state index contributed by atoms with van der Waals surface area (Å²) < 4.78 is 0. The van der Waals surface area contributed by atoms with E-state index in [4.69, 9.17) is 4.98 Å². The molecule has 0 spiro atoms. The number of aromatic nitrogens is 3. The van der Waals surface area contributed by atoms with Crippen LogP contribution in [0.3, 0.4) is 0 Å². The Labute approximate surface area is 151 Å². The lowest BCUT2D eigenvalue weighted by Crippen LogP contribution is -2.44. The summed E-state index contributed by atoms with van der Waals surface area (Å²) in [5.41, 5.74) is 3.40. The maximum Gasteiger partial charge on any atom is 0.232 e. The van der Waals surface area contributed by atoms with Crippen molar-refractivity contribution in [2.45, 2.75) is 6.92 Å². The minimum Gasteiger partial charge on any atom is -0.352 e. The van der Waals surface area contributed by atoms with Gasteiger partial charge in [-0.2, -0.15) is 4.98 Å². The van der Waals surface area contributed by atoms with Crippen molar-refractivity contribution < 1.29 is 4.79 Å². The summed E-state index contributed by atoms with van der Waals surface area (Å²) in [5, 5.41) is 6.03. The zero-order chi connectivity index (χ0) is 17.9. The number of carbonyl (C=O) groups is 1. The number of hydrogen-bond acceptors (Lipinski definition) is 6. The van der Waals surface area contributed by atoms with Crippen molar-refractivity contribution >= 4 is 28.7 Å². The van der Waals surface area contributed by atoms with E-state index >= 15 is 0 Å². The molecule has 1 saturated heterocycles. The van der Waals surface area contributed by atoms with E-state index in [1.54, 1.807) is 0 Å². The Balaban J connectivity index is 1.86. The van der Waals surface area contributed by atoms with Crippen LogP contribution in [0.1, 0.15) is 6.92 Å². The summed E-state index contributed by atoms with van der Waals surface area (Å²) in [6, 6.07) is 13.9. The predicted molar refractivity (Wildman–Crippen MR) is 102 cm³/mol. The number of nitrogens with zero attached hydrogens (tertiary/aromatic N) is 4. The van der Waals surface area contributed by atoms with Gasteiger partial charge in [0, 0.05) is 38.7 Å².